The molecule has 5 heteroatoms. The van der Waals surface area contributed by atoms with E-state index in [0.29, 0.717) is 12.3 Å². The SMILES string of the molecule is CCCCCCN1C(=O)/C(=N\NC(=O)Cc2ccccc2)c2ccccc21. The summed E-state index contributed by atoms with van der Waals surface area (Å²) in [6.07, 6.45) is 4.61. The van der Waals surface area contributed by atoms with Crippen molar-refractivity contribution >= 4 is 23.2 Å². The maximum Gasteiger partial charge on any atom is 0.279 e. The number of nitrogens with zero attached hydrogens (tertiary/aromatic N) is 2. The van der Waals surface area contributed by atoms with Crippen molar-refractivity contribution in [2.75, 3.05) is 11.4 Å². The summed E-state index contributed by atoms with van der Waals surface area (Å²) in [7, 11) is 0. The van der Waals surface area contributed by atoms with Gasteiger partial charge in [0.1, 0.15) is 0 Å². The summed E-state index contributed by atoms with van der Waals surface area (Å²) < 4.78 is 0. The Kier molecular flexibility index (Phi) is 6.36. The minimum Gasteiger partial charge on any atom is -0.306 e. The highest BCUT2D eigenvalue weighted by atomic mass is 16.2. The molecular weight excluding hydrogens is 338 g/mol. The first kappa shape index (κ1) is 18.8. The number of unbranched alkanes of at least 4 members (excludes halogenated alkanes) is 3. The van der Waals surface area contributed by atoms with Crippen molar-refractivity contribution in [3.05, 3.63) is 65.7 Å². The van der Waals surface area contributed by atoms with Crippen LogP contribution in [0.5, 0.6) is 0 Å². The minimum absolute atomic E-state index is 0.146. The highest BCUT2D eigenvalue weighted by Crippen LogP contribution is 2.29. The van der Waals surface area contributed by atoms with Crippen LogP contribution in [0.3, 0.4) is 0 Å². The van der Waals surface area contributed by atoms with Gasteiger partial charge >= 0.3 is 0 Å². The lowest BCUT2D eigenvalue weighted by Gasteiger charge is -2.16. The number of hydrogen-bond donors (Lipinski definition) is 1. The van der Waals surface area contributed by atoms with Crippen LogP contribution in [0.25, 0.3) is 0 Å². The van der Waals surface area contributed by atoms with Crippen molar-refractivity contribution < 1.29 is 9.59 Å². The Labute approximate surface area is 160 Å². The Morgan fingerprint density at radius 1 is 1.00 bits per heavy atom. The Morgan fingerprint density at radius 3 is 2.52 bits per heavy atom. The molecule has 0 spiro atoms. The maximum atomic E-state index is 12.8. The predicted molar refractivity (Wildman–Crippen MR) is 108 cm³/mol. The molecule has 2 aromatic carbocycles. The molecule has 1 N–H and O–H groups in total. The van der Waals surface area contributed by atoms with Crippen molar-refractivity contribution in [1.29, 1.82) is 0 Å². The number of para-hydroxylation sites is 1. The molecule has 2 amide bonds. The van der Waals surface area contributed by atoms with Gasteiger partial charge in [0.2, 0.25) is 5.91 Å². The van der Waals surface area contributed by atoms with Crippen molar-refractivity contribution in [3.8, 4) is 0 Å². The molecule has 1 heterocycles. The summed E-state index contributed by atoms with van der Waals surface area (Å²) >= 11 is 0. The molecular formula is C22H25N3O2. The average molecular weight is 363 g/mol. The van der Waals surface area contributed by atoms with Gasteiger partial charge in [-0.15, -0.1) is 0 Å². The topological polar surface area (TPSA) is 61.8 Å². The van der Waals surface area contributed by atoms with E-state index in [2.05, 4.69) is 17.5 Å². The lowest BCUT2D eigenvalue weighted by Crippen LogP contribution is -2.32. The number of carbonyl (C=O) groups excluding carboxylic acids is 2. The van der Waals surface area contributed by atoms with Crippen molar-refractivity contribution in [3.63, 3.8) is 0 Å². The van der Waals surface area contributed by atoms with Crippen molar-refractivity contribution in [1.82, 2.24) is 5.43 Å². The Balaban J connectivity index is 1.70. The van der Waals surface area contributed by atoms with Gasteiger partial charge in [-0.1, -0.05) is 74.7 Å². The summed E-state index contributed by atoms with van der Waals surface area (Å²) in [5, 5.41) is 4.16. The van der Waals surface area contributed by atoms with Crippen LogP contribution in [0.15, 0.2) is 59.7 Å². The van der Waals surface area contributed by atoms with Gasteiger partial charge < -0.3 is 4.90 Å². The molecule has 0 unspecified atom stereocenters. The molecule has 2 aromatic rings. The lowest BCUT2D eigenvalue weighted by molar-refractivity contribution is -0.120. The van der Waals surface area contributed by atoms with Crippen LogP contribution in [0.2, 0.25) is 0 Å². The standard InChI is InChI=1S/C22H25N3O2/c1-2-3-4-10-15-25-19-14-9-8-13-18(19)21(22(25)27)24-23-20(26)16-17-11-6-5-7-12-17/h5-9,11-14H,2-4,10,15-16H2,1H3,(H,23,26)/b24-21-. The van der Waals surface area contributed by atoms with Crippen LogP contribution in [0, 0.1) is 0 Å². The summed E-state index contributed by atoms with van der Waals surface area (Å²) in [6, 6.07) is 17.1. The largest absolute Gasteiger partial charge is 0.306 e. The number of anilines is 1. The van der Waals surface area contributed by atoms with Crippen molar-refractivity contribution in [2.24, 2.45) is 5.10 Å². The molecule has 0 saturated heterocycles. The first-order chi connectivity index (χ1) is 13.2. The highest BCUT2D eigenvalue weighted by molar-refractivity contribution is 6.54. The Morgan fingerprint density at radius 2 is 1.74 bits per heavy atom. The summed E-state index contributed by atoms with van der Waals surface area (Å²) in [5.41, 5.74) is 5.41. The number of benzene rings is 2. The molecule has 140 valence electrons. The number of fused-ring (bicyclic) bond motifs is 1. The van der Waals surface area contributed by atoms with E-state index in [1.54, 1.807) is 4.90 Å². The van der Waals surface area contributed by atoms with E-state index < -0.39 is 0 Å². The second-order valence-electron chi connectivity index (χ2n) is 6.69. The molecule has 0 aromatic heterocycles. The molecule has 0 saturated carbocycles. The zero-order valence-corrected chi connectivity index (χ0v) is 15.6. The molecule has 1 aliphatic heterocycles. The van der Waals surface area contributed by atoms with E-state index >= 15 is 0 Å². The van der Waals surface area contributed by atoms with Gasteiger partial charge in [0.15, 0.2) is 5.71 Å². The van der Waals surface area contributed by atoms with Crippen LogP contribution < -0.4 is 10.3 Å². The van der Waals surface area contributed by atoms with Gasteiger partial charge in [0.05, 0.1) is 12.1 Å². The Hall–Kier alpha value is -2.95. The molecule has 0 aliphatic carbocycles. The van der Waals surface area contributed by atoms with Crippen LogP contribution in [-0.2, 0) is 16.0 Å². The van der Waals surface area contributed by atoms with Gasteiger partial charge in [-0.3, -0.25) is 9.59 Å². The molecule has 0 bridgehead atoms. The quantitative estimate of drug-likeness (QED) is 0.574. The number of nitrogens with one attached hydrogen (secondary N) is 1. The smallest absolute Gasteiger partial charge is 0.279 e. The molecule has 0 radical (unpaired) electrons. The van der Waals surface area contributed by atoms with Gasteiger partial charge in [-0.25, -0.2) is 5.43 Å². The summed E-state index contributed by atoms with van der Waals surface area (Å²) in [5.74, 6) is -0.381. The fourth-order valence-corrected chi connectivity index (χ4v) is 3.23. The summed E-state index contributed by atoms with van der Waals surface area (Å²) in [4.78, 5) is 26.8. The number of rotatable bonds is 8. The molecule has 27 heavy (non-hydrogen) atoms. The second-order valence-corrected chi connectivity index (χ2v) is 6.69. The maximum absolute atomic E-state index is 12.8. The third kappa shape index (κ3) is 4.61. The second kappa shape index (κ2) is 9.12. The van der Waals surface area contributed by atoms with E-state index in [1.165, 1.54) is 6.42 Å². The van der Waals surface area contributed by atoms with Gasteiger partial charge in [-0.05, 0) is 18.1 Å². The summed E-state index contributed by atoms with van der Waals surface area (Å²) in [6.45, 7) is 2.84. The van der Waals surface area contributed by atoms with E-state index in [-0.39, 0.29) is 18.2 Å². The molecule has 0 fully saturated rings. The Bertz CT molecular complexity index is 830. The third-order valence-corrected chi connectivity index (χ3v) is 4.63. The number of amides is 2. The fraction of sp³-hybridized carbons (Fsp3) is 0.318. The fourth-order valence-electron chi connectivity index (χ4n) is 3.23. The van der Waals surface area contributed by atoms with Crippen LogP contribution in [0.1, 0.15) is 43.7 Å². The highest BCUT2D eigenvalue weighted by Gasteiger charge is 2.33. The van der Waals surface area contributed by atoms with Crippen LogP contribution >= 0.6 is 0 Å². The zero-order chi connectivity index (χ0) is 19.1. The first-order valence-electron chi connectivity index (χ1n) is 9.52. The van der Waals surface area contributed by atoms with Crippen molar-refractivity contribution in [2.45, 2.75) is 39.0 Å². The third-order valence-electron chi connectivity index (χ3n) is 4.63. The van der Waals surface area contributed by atoms with Gasteiger partial charge in [-0.2, -0.15) is 5.10 Å². The van der Waals surface area contributed by atoms with Crippen LogP contribution in [0.4, 0.5) is 5.69 Å². The minimum atomic E-state index is -0.236. The van der Waals surface area contributed by atoms with E-state index in [4.69, 9.17) is 0 Å². The normalized spacial score (nSPS) is 14.5. The van der Waals surface area contributed by atoms with E-state index in [1.807, 2.05) is 54.6 Å². The molecule has 1 aliphatic rings. The zero-order valence-electron chi connectivity index (χ0n) is 15.6. The van der Waals surface area contributed by atoms with Gasteiger partial charge in [0, 0.05) is 12.1 Å². The van der Waals surface area contributed by atoms with E-state index in [0.717, 1.165) is 36.1 Å². The van der Waals surface area contributed by atoms with Gasteiger partial charge in [0.25, 0.3) is 5.91 Å². The first-order valence-corrected chi connectivity index (χ1v) is 9.52. The van der Waals surface area contributed by atoms with E-state index in [9.17, 15) is 9.59 Å². The number of carbonyl (C=O) groups is 2. The lowest BCUT2D eigenvalue weighted by atomic mass is 10.1. The molecule has 0 atom stereocenters. The molecule has 5 nitrogen and oxygen atoms in total. The molecule has 3 rings (SSSR count). The monoisotopic (exact) mass is 363 g/mol. The number of hydrogen-bond acceptors (Lipinski definition) is 3. The van der Waals surface area contributed by atoms with Crippen LogP contribution in [-0.4, -0.2) is 24.1 Å². The average Bonchev–Trinajstić information content (AvgIpc) is 2.95. The number of hydrazone groups is 1. The predicted octanol–water partition coefficient (Wildman–Crippen LogP) is 3.68.